The minimum Gasteiger partial charge on any atom is -0.328 e. The van der Waals surface area contributed by atoms with E-state index in [4.69, 9.17) is 10.6 Å². The third kappa shape index (κ3) is 6.22. The van der Waals surface area contributed by atoms with Crippen molar-refractivity contribution >= 4 is 7.82 Å². The highest BCUT2D eigenvalue weighted by atomic mass is 31.2. The summed E-state index contributed by atoms with van der Waals surface area (Å²) in [6, 6.07) is 0. The lowest BCUT2D eigenvalue weighted by Gasteiger charge is -2.09. The van der Waals surface area contributed by atoms with E-state index in [-0.39, 0.29) is 19.8 Å². The first-order valence-corrected chi connectivity index (χ1v) is 4.55. The van der Waals surface area contributed by atoms with Crippen molar-refractivity contribution in [1.82, 2.24) is 0 Å². The fourth-order valence-corrected chi connectivity index (χ4v) is 1.06. The highest BCUT2D eigenvalue weighted by Crippen LogP contribution is 2.42. The maximum absolute atomic E-state index is 10.7. The zero-order valence-corrected chi connectivity index (χ0v) is 7.00. The maximum Gasteiger partial charge on any atom is 0.472 e. The van der Waals surface area contributed by atoms with Crippen LogP contribution in [0.5, 0.6) is 0 Å². The second-order valence-electron chi connectivity index (χ2n) is 1.67. The fraction of sp³-hybridized carbons (Fsp3) is 0.600. The van der Waals surface area contributed by atoms with Gasteiger partial charge in [-0.05, 0) is 0 Å². The van der Waals surface area contributed by atoms with E-state index in [0.717, 1.165) is 0 Å². The molecular formula is C5H12NO4P. The molecule has 0 spiro atoms. The van der Waals surface area contributed by atoms with Gasteiger partial charge in [-0.3, -0.25) is 9.05 Å². The molecule has 11 heavy (non-hydrogen) atoms. The minimum atomic E-state index is -3.88. The first-order chi connectivity index (χ1) is 5.12. The molecule has 0 aliphatic rings. The quantitative estimate of drug-likeness (QED) is 0.453. The Morgan fingerprint density at radius 1 is 1.64 bits per heavy atom. The van der Waals surface area contributed by atoms with Crippen molar-refractivity contribution in [2.45, 2.75) is 0 Å². The van der Waals surface area contributed by atoms with Gasteiger partial charge < -0.3 is 10.6 Å². The Morgan fingerprint density at radius 2 is 2.27 bits per heavy atom. The Balaban J connectivity index is 3.61. The van der Waals surface area contributed by atoms with Gasteiger partial charge in [-0.2, -0.15) is 0 Å². The molecule has 0 fully saturated rings. The first-order valence-electron chi connectivity index (χ1n) is 3.05. The zero-order chi connectivity index (χ0) is 8.74. The van der Waals surface area contributed by atoms with Gasteiger partial charge in [0.2, 0.25) is 0 Å². The molecule has 6 heteroatoms. The predicted molar refractivity (Wildman–Crippen MR) is 41.0 cm³/mol. The van der Waals surface area contributed by atoms with Crippen molar-refractivity contribution in [2.24, 2.45) is 5.73 Å². The third-order valence-electron chi connectivity index (χ3n) is 0.728. The Bertz CT molecular complexity index is 161. The molecule has 1 unspecified atom stereocenters. The summed E-state index contributed by atoms with van der Waals surface area (Å²) >= 11 is 0. The second kappa shape index (κ2) is 5.46. The summed E-state index contributed by atoms with van der Waals surface area (Å²) in [5.41, 5.74) is 5.03. The minimum absolute atomic E-state index is 0.00488. The molecule has 0 rings (SSSR count). The smallest absolute Gasteiger partial charge is 0.328 e. The first kappa shape index (κ1) is 10.8. The fourth-order valence-electron chi connectivity index (χ4n) is 0.352. The Hall–Kier alpha value is -0.190. The van der Waals surface area contributed by atoms with Gasteiger partial charge >= 0.3 is 7.82 Å². The molecule has 3 N–H and O–H groups in total. The summed E-state index contributed by atoms with van der Waals surface area (Å²) < 4.78 is 19.5. The molecule has 0 bridgehead atoms. The summed E-state index contributed by atoms with van der Waals surface area (Å²) in [6.07, 6.45) is 1.36. The van der Waals surface area contributed by atoms with Crippen molar-refractivity contribution in [2.75, 3.05) is 19.8 Å². The van der Waals surface area contributed by atoms with Crippen LogP contribution in [-0.4, -0.2) is 24.7 Å². The van der Waals surface area contributed by atoms with Crippen molar-refractivity contribution < 1.29 is 18.5 Å². The standard InChI is InChI=1S/C5H12NO4P/c1-2-4-9-11(7,8)10-5-3-6/h2H,1,3-6H2,(H,7,8). The van der Waals surface area contributed by atoms with Crippen LogP contribution in [0.15, 0.2) is 12.7 Å². The molecule has 0 radical (unpaired) electrons. The molecule has 0 saturated carbocycles. The van der Waals surface area contributed by atoms with E-state index in [1.807, 2.05) is 0 Å². The van der Waals surface area contributed by atoms with E-state index in [2.05, 4.69) is 15.6 Å². The summed E-state index contributed by atoms with van der Waals surface area (Å²) in [4.78, 5) is 8.78. The average molecular weight is 181 g/mol. The monoisotopic (exact) mass is 181 g/mol. The van der Waals surface area contributed by atoms with Crippen LogP contribution in [0.4, 0.5) is 0 Å². The third-order valence-corrected chi connectivity index (χ3v) is 1.71. The van der Waals surface area contributed by atoms with E-state index >= 15 is 0 Å². The van der Waals surface area contributed by atoms with Gasteiger partial charge in [0.1, 0.15) is 0 Å². The highest BCUT2D eigenvalue weighted by Gasteiger charge is 2.18. The van der Waals surface area contributed by atoms with E-state index < -0.39 is 7.82 Å². The van der Waals surface area contributed by atoms with Crippen molar-refractivity contribution in [3.05, 3.63) is 12.7 Å². The second-order valence-corrected chi connectivity index (χ2v) is 3.13. The molecule has 0 aromatic rings. The normalized spacial score (nSPS) is 15.8. The van der Waals surface area contributed by atoms with Crippen LogP contribution in [0.25, 0.3) is 0 Å². The molecule has 0 saturated heterocycles. The summed E-state index contributed by atoms with van der Waals surface area (Å²) in [7, 11) is -3.88. The van der Waals surface area contributed by atoms with Gasteiger partial charge in [-0.25, -0.2) is 4.57 Å². The van der Waals surface area contributed by atoms with Crippen molar-refractivity contribution in [3.8, 4) is 0 Å². The van der Waals surface area contributed by atoms with Crippen molar-refractivity contribution in [3.63, 3.8) is 0 Å². The highest BCUT2D eigenvalue weighted by molar-refractivity contribution is 7.47. The molecule has 0 amide bonds. The topological polar surface area (TPSA) is 81.8 Å². The van der Waals surface area contributed by atoms with Gasteiger partial charge in [0, 0.05) is 6.54 Å². The lowest BCUT2D eigenvalue weighted by atomic mass is 10.7. The molecule has 0 aromatic carbocycles. The predicted octanol–water partition coefficient (Wildman–Crippen LogP) is 0.265. The Kier molecular flexibility index (Phi) is 5.36. The summed E-state index contributed by atoms with van der Waals surface area (Å²) in [5.74, 6) is 0. The SMILES string of the molecule is C=CCOP(=O)(O)OCCN. The average Bonchev–Trinajstić information content (AvgIpc) is 1.97. The van der Waals surface area contributed by atoms with Gasteiger partial charge in [0.05, 0.1) is 13.2 Å². The van der Waals surface area contributed by atoms with Crippen LogP contribution in [-0.2, 0) is 13.6 Å². The van der Waals surface area contributed by atoms with Crippen molar-refractivity contribution in [1.29, 1.82) is 0 Å². The number of hydrogen-bond donors (Lipinski definition) is 2. The largest absolute Gasteiger partial charge is 0.472 e. The van der Waals surface area contributed by atoms with E-state index in [0.29, 0.717) is 0 Å². The number of phosphoric ester groups is 1. The van der Waals surface area contributed by atoms with Gasteiger partial charge in [-0.15, -0.1) is 6.58 Å². The van der Waals surface area contributed by atoms with E-state index in [1.54, 1.807) is 0 Å². The van der Waals surface area contributed by atoms with Crippen LogP contribution >= 0.6 is 7.82 Å². The van der Waals surface area contributed by atoms with Crippen LogP contribution in [0.3, 0.4) is 0 Å². The van der Waals surface area contributed by atoms with Gasteiger partial charge in [0.25, 0.3) is 0 Å². The van der Waals surface area contributed by atoms with E-state index in [1.165, 1.54) is 6.08 Å². The van der Waals surface area contributed by atoms with Gasteiger partial charge in [0.15, 0.2) is 0 Å². The maximum atomic E-state index is 10.7. The number of rotatable bonds is 6. The molecule has 0 aliphatic heterocycles. The molecule has 0 aromatic heterocycles. The molecule has 0 aliphatic carbocycles. The lowest BCUT2D eigenvalue weighted by molar-refractivity contribution is 0.164. The molecular weight excluding hydrogens is 169 g/mol. The van der Waals surface area contributed by atoms with E-state index in [9.17, 15) is 4.57 Å². The Morgan fingerprint density at radius 3 is 2.73 bits per heavy atom. The molecule has 5 nitrogen and oxygen atoms in total. The molecule has 1 atom stereocenters. The number of hydrogen-bond acceptors (Lipinski definition) is 4. The summed E-state index contributed by atoms with van der Waals surface area (Å²) in [5, 5.41) is 0. The molecule has 0 heterocycles. The number of phosphoric acid groups is 1. The van der Waals surface area contributed by atoms with Crippen LogP contribution in [0.2, 0.25) is 0 Å². The summed E-state index contributed by atoms with van der Waals surface area (Å²) in [6.45, 7) is 3.48. The number of nitrogens with two attached hydrogens (primary N) is 1. The van der Waals surface area contributed by atoms with Crippen LogP contribution in [0, 0.1) is 0 Å². The van der Waals surface area contributed by atoms with Crippen LogP contribution < -0.4 is 5.73 Å². The van der Waals surface area contributed by atoms with Crippen LogP contribution in [0.1, 0.15) is 0 Å². The Labute approximate surface area is 65.4 Å². The lowest BCUT2D eigenvalue weighted by Crippen LogP contribution is -2.08. The molecule has 66 valence electrons. The zero-order valence-electron chi connectivity index (χ0n) is 6.10. The van der Waals surface area contributed by atoms with Gasteiger partial charge in [-0.1, -0.05) is 6.08 Å².